The molecule has 0 aromatic rings. The molecule has 0 bridgehead atoms. The molecule has 0 aromatic carbocycles. The van der Waals surface area contributed by atoms with Gasteiger partial charge in [0.15, 0.2) is 0 Å². The first kappa shape index (κ1) is 12.8. The normalized spacial score (nSPS) is 12.2. The predicted octanol–water partition coefficient (Wildman–Crippen LogP) is 2.44. The van der Waals surface area contributed by atoms with Crippen molar-refractivity contribution in [2.24, 2.45) is 5.92 Å². The van der Waals surface area contributed by atoms with Gasteiger partial charge in [0.05, 0.1) is 6.61 Å². The van der Waals surface area contributed by atoms with Gasteiger partial charge in [-0.2, -0.15) is 0 Å². The van der Waals surface area contributed by atoms with Gasteiger partial charge in [0.25, 0.3) is 0 Å². The molecule has 0 amide bonds. The standard InChI is InChI=1S/C9H18O3.Al/c1-3-5-6-8(4-2)7-12-9(10)11;/h8H,3-7H2,1-2H3,(H,10,11);/q;+1/p-1. The van der Waals surface area contributed by atoms with E-state index in [4.69, 9.17) is 4.74 Å². The van der Waals surface area contributed by atoms with Crippen LogP contribution in [0.15, 0.2) is 0 Å². The van der Waals surface area contributed by atoms with E-state index in [9.17, 15) is 4.79 Å². The zero-order chi connectivity index (χ0) is 10.1. The van der Waals surface area contributed by atoms with Crippen LogP contribution in [0.5, 0.6) is 0 Å². The summed E-state index contributed by atoms with van der Waals surface area (Å²) < 4.78 is 9.16. The van der Waals surface area contributed by atoms with Crippen molar-refractivity contribution in [3.8, 4) is 0 Å². The van der Waals surface area contributed by atoms with Crippen LogP contribution in [-0.4, -0.2) is 29.4 Å². The highest BCUT2D eigenvalue weighted by atomic mass is 27.1. The SMILES string of the molecule is CCCCC(CC)COC(=O)[O][Al]. The number of carbonyl (C=O) groups excluding carboxylic acids is 1. The van der Waals surface area contributed by atoms with Crippen molar-refractivity contribution in [3.63, 3.8) is 0 Å². The van der Waals surface area contributed by atoms with Crippen molar-refractivity contribution < 1.29 is 13.3 Å². The van der Waals surface area contributed by atoms with Crippen LogP contribution >= 0.6 is 0 Å². The molecule has 0 spiro atoms. The minimum atomic E-state index is -0.611. The third-order valence-electron chi connectivity index (χ3n) is 2.08. The molecule has 1 unspecified atom stereocenters. The Hall–Kier alpha value is -0.198. The van der Waals surface area contributed by atoms with Crippen LogP contribution in [0.1, 0.15) is 39.5 Å². The van der Waals surface area contributed by atoms with Crippen LogP contribution in [0, 0.1) is 5.92 Å². The Morgan fingerprint density at radius 1 is 1.46 bits per heavy atom. The molecule has 1 atom stereocenters. The molecule has 0 aromatic heterocycles. The van der Waals surface area contributed by atoms with Gasteiger partial charge >= 0.3 is 22.8 Å². The average Bonchev–Trinajstić information content (AvgIpc) is 2.17. The molecule has 0 rings (SSSR count). The highest BCUT2D eigenvalue weighted by Gasteiger charge is 2.08. The van der Waals surface area contributed by atoms with Gasteiger partial charge in [-0.25, -0.2) is 4.79 Å². The molecule has 2 radical (unpaired) electrons. The second-order valence-electron chi connectivity index (χ2n) is 3.10. The maximum absolute atomic E-state index is 10.6. The Labute approximate surface area is 88.5 Å². The largest absolute Gasteiger partial charge is 0.598 e. The molecular weight excluding hydrogens is 183 g/mol. The Morgan fingerprint density at radius 3 is 2.62 bits per heavy atom. The van der Waals surface area contributed by atoms with Crippen molar-refractivity contribution >= 4 is 22.8 Å². The number of unbranched alkanes of at least 4 members (excludes halogenated alkanes) is 1. The molecule has 0 aliphatic rings. The van der Waals surface area contributed by atoms with Crippen molar-refractivity contribution in [3.05, 3.63) is 0 Å². The molecule has 0 saturated carbocycles. The molecule has 0 saturated heterocycles. The molecule has 0 N–H and O–H groups in total. The number of ether oxygens (including phenoxy) is 1. The summed E-state index contributed by atoms with van der Waals surface area (Å²) in [5.41, 5.74) is 0. The topological polar surface area (TPSA) is 35.5 Å². The Morgan fingerprint density at radius 2 is 2.15 bits per heavy atom. The summed E-state index contributed by atoms with van der Waals surface area (Å²) >= 11 is 1.88. The van der Waals surface area contributed by atoms with E-state index in [-0.39, 0.29) is 0 Å². The summed E-state index contributed by atoms with van der Waals surface area (Å²) in [6.07, 6.45) is 3.93. The fraction of sp³-hybridized carbons (Fsp3) is 0.889. The van der Waals surface area contributed by atoms with Crippen LogP contribution in [0.3, 0.4) is 0 Å². The lowest BCUT2D eigenvalue weighted by Gasteiger charge is -2.14. The number of rotatable bonds is 6. The van der Waals surface area contributed by atoms with E-state index < -0.39 is 6.16 Å². The highest BCUT2D eigenvalue weighted by Crippen LogP contribution is 2.12. The van der Waals surface area contributed by atoms with Gasteiger partial charge in [-0.3, -0.25) is 0 Å². The predicted molar refractivity (Wildman–Crippen MR) is 51.5 cm³/mol. The quantitative estimate of drug-likeness (QED) is 0.488. The number of hydrogen-bond donors (Lipinski definition) is 0. The smallest absolute Gasteiger partial charge is 0.490 e. The van der Waals surface area contributed by atoms with Crippen molar-refractivity contribution in [2.75, 3.05) is 6.61 Å². The van der Waals surface area contributed by atoms with Gasteiger partial charge < -0.3 is 8.53 Å². The van der Waals surface area contributed by atoms with E-state index >= 15 is 0 Å². The summed E-state index contributed by atoms with van der Waals surface area (Å²) in [7, 11) is 0. The maximum atomic E-state index is 10.6. The zero-order valence-electron chi connectivity index (χ0n) is 8.41. The van der Waals surface area contributed by atoms with Crippen LogP contribution in [0.2, 0.25) is 0 Å². The Kier molecular flexibility index (Phi) is 8.28. The van der Waals surface area contributed by atoms with Gasteiger partial charge in [0.2, 0.25) is 0 Å². The first-order valence-corrected chi connectivity index (χ1v) is 5.25. The molecule has 0 heterocycles. The third kappa shape index (κ3) is 6.92. The number of hydrogen-bond acceptors (Lipinski definition) is 3. The molecule has 0 aliphatic heterocycles. The summed E-state index contributed by atoms with van der Waals surface area (Å²) in [6.45, 7) is 4.74. The lowest BCUT2D eigenvalue weighted by molar-refractivity contribution is 0.0839. The van der Waals surface area contributed by atoms with Crippen LogP contribution in [-0.2, 0) is 8.53 Å². The molecule has 4 heteroatoms. The monoisotopic (exact) mass is 200 g/mol. The second-order valence-corrected chi connectivity index (χ2v) is 3.33. The van der Waals surface area contributed by atoms with Crippen LogP contribution in [0.4, 0.5) is 4.79 Å². The molecule has 0 fully saturated rings. The van der Waals surface area contributed by atoms with E-state index in [0.29, 0.717) is 12.5 Å². The Balaban J connectivity index is 3.52. The maximum Gasteiger partial charge on any atom is 0.490 e. The van der Waals surface area contributed by atoms with Crippen molar-refractivity contribution in [2.45, 2.75) is 39.5 Å². The summed E-state index contributed by atoms with van der Waals surface area (Å²) in [6, 6.07) is 0. The lowest BCUT2D eigenvalue weighted by atomic mass is 10.0. The van der Waals surface area contributed by atoms with E-state index in [1.165, 1.54) is 12.8 Å². The van der Waals surface area contributed by atoms with E-state index in [0.717, 1.165) is 12.8 Å². The zero-order valence-corrected chi connectivity index (χ0v) is 9.57. The van der Waals surface area contributed by atoms with E-state index in [2.05, 4.69) is 17.6 Å². The molecule has 0 aliphatic carbocycles. The lowest BCUT2D eigenvalue weighted by Crippen LogP contribution is -2.13. The fourth-order valence-corrected chi connectivity index (χ4v) is 1.19. The van der Waals surface area contributed by atoms with E-state index in [1.807, 2.05) is 16.6 Å². The minimum Gasteiger partial charge on any atom is -0.598 e. The molecule has 13 heavy (non-hydrogen) atoms. The molecule has 3 nitrogen and oxygen atoms in total. The molecular formula is C9H17AlO3. The van der Waals surface area contributed by atoms with Crippen molar-refractivity contribution in [1.82, 2.24) is 0 Å². The first-order valence-electron chi connectivity index (χ1n) is 4.78. The van der Waals surface area contributed by atoms with Gasteiger partial charge in [0.1, 0.15) is 0 Å². The van der Waals surface area contributed by atoms with E-state index in [1.54, 1.807) is 0 Å². The summed E-state index contributed by atoms with van der Waals surface area (Å²) in [5.74, 6) is 0.476. The van der Waals surface area contributed by atoms with Gasteiger partial charge in [-0.15, -0.1) is 0 Å². The van der Waals surface area contributed by atoms with Crippen LogP contribution < -0.4 is 0 Å². The second kappa shape index (κ2) is 8.40. The third-order valence-corrected chi connectivity index (χ3v) is 2.27. The van der Waals surface area contributed by atoms with Gasteiger partial charge in [-0.1, -0.05) is 33.1 Å². The first-order chi connectivity index (χ1) is 6.24. The summed E-state index contributed by atoms with van der Waals surface area (Å²) in [5, 5.41) is 0. The van der Waals surface area contributed by atoms with Gasteiger partial charge in [0, 0.05) is 0 Å². The fourth-order valence-electron chi connectivity index (χ4n) is 1.12. The van der Waals surface area contributed by atoms with Crippen LogP contribution in [0.25, 0.3) is 0 Å². The minimum absolute atomic E-state index is 0.476. The highest BCUT2D eigenvalue weighted by molar-refractivity contribution is 6.04. The molecule has 74 valence electrons. The van der Waals surface area contributed by atoms with Gasteiger partial charge in [-0.05, 0) is 12.3 Å². The summed E-state index contributed by atoms with van der Waals surface area (Å²) in [4.78, 5) is 10.6. The average molecular weight is 200 g/mol. The van der Waals surface area contributed by atoms with Crippen molar-refractivity contribution in [1.29, 1.82) is 0 Å². The number of carbonyl (C=O) groups is 1. The Bertz CT molecular complexity index is 139.